The average Bonchev–Trinajstić information content (AvgIpc) is 2.70. The van der Waals surface area contributed by atoms with Gasteiger partial charge in [-0.25, -0.2) is 0 Å². The van der Waals surface area contributed by atoms with Crippen molar-refractivity contribution < 1.29 is 0 Å². The summed E-state index contributed by atoms with van der Waals surface area (Å²) in [6, 6.07) is 20.4. The Kier molecular flexibility index (Phi) is 28.4. The number of nitrogens with zero attached hydrogens (tertiary/aromatic N) is 1. The van der Waals surface area contributed by atoms with Gasteiger partial charge in [0.1, 0.15) is 0 Å². The minimum absolute atomic E-state index is 0.746. The molecule has 0 heterocycles. The molecule has 0 atom stereocenters. The fourth-order valence-electron chi connectivity index (χ4n) is 1.38. The topological polar surface area (TPSA) is 12.4 Å². The number of aliphatic imine (C=N–C) groups is 1. The van der Waals surface area contributed by atoms with Gasteiger partial charge in [0, 0.05) is 6.21 Å². The van der Waals surface area contributed by atoms with E-state index in [-0.39, 0.29) is 0 Å². The van der Waals surface area contributed by atoms with Crippen molar-refractivity contribution in [2.24, 2.45) is 4.99 Å². The summed E-state index contributed by atoms with van der Waals surface area (Å²) in [4.78, 5) is 4.39. The van der Waals surface area contributed by atoms with Crippen molar-refractivity contribution in [3.63, 3.8) is 0 Å². The SMILES string of the molecule is C(=NCc1ccccc1)c1ccccc1.CC.CC.CC.CC. The summed E-state index contributed by atoms with van der Waals surface area (Å²) in [6.07, 6.45) is 1.91. The lowest BCUT2D eigenvalue weighted by molar-refractivity contribution is 1.08. The Balaban J connectivity index is -0.000000438. The van der Waals surface area contributed by atoms with Gasteiger partial charge in [0.25, 0.3) is 0 Å². The van der Waals surface area contributed by atoms with E-state index in [9.17, 15) is 0 Å². The lowest BCUT2D eigenvalue weighted by atomic mass is 10.2. The Morgan fingerprint density at radius 2 is 1.00 bits per heavy atom. The van der Waals surface area contributed by atoms with Gasteiger partial charge < -0.3 is 0 Å². The van der Waals surface area contributed by atoms with Crippen LogP contribution in [0.2, 0.25) is 0 Å². The van der Waals surface area contributed by atoms with Crippen molar-refractivity contribution in [3.8, 4) is 0 Å². The first kappa shape index (κ1) is 26.0. The quantitative estimate of drug-likeness (QED) is 0.523. The van der Waals surface area contributed by atoms with E-state index in [1.54, 1.807) is 0 Å². The first-order chi connectivity index (χ1) is 11.4. The summed E-state index contributed by atoms with van der Waals surface area (Å²) in [5, 5.41) is 0. The molecule has 2 aromatic carbocycles. The minimum Gasteiger partial charge on any atom is -0.288 e. The zero-order valence-electron chi connectivity index (χ0n) is 16.5. The largest absolute Gasteiger partial charge is 0.288 e. The van der Waals surface area contributed by atoms with Gasteiger partial charge in [0.2, 0.25) is 0 Å². The number of rotatable bonds is 3. The molecule has 2 aromatic rings. The summed E-state index contributed by atoms with van der Waals surface area (Å²) in [5.41, 5.74) is 2.39. The van der Waals surface area contributed by atoms with Crippen LogP contribution in [0.5, 0.6) is 0 Å². The fraction of sp³-hybridized carbons (Fsp3) is 0.409. The highest BCUT2D eigenvalue weighted by molar-refractivity contribution is 5.79. The summed E-state index contributed by atoms with van der Waals surface area (Å²) < 4.78 is 0. The lowest BCUT2D eigenvalue weighted by Crippen LogP contribution is -1.83. The molecule has 0 radical (unpaired) electrons. The molecule has 0 unspecified atom stereocenters. The Bertz CT molecular complexity index is 418. The van der Waals surface area contributed by atoms with E-state index in [2.05, 4.69) is 29.3 Å². The predicted octanol–water partition coefficient (Wildman–Crippen LogP) is 7.41. The van der Waals surface area contributed by atoms with Gasteiger partial charge in [0.05, 0.1) is 6.54 Å². The molecule has 23 heavy (non-hydrogen) atoms. The first-order valence-electron chi connectivity index (χ1n) is 9.04. The molecule has 0 aromatic heterocycles. The highest BCUT2D eigenvalue weighted by atomic mass is 14.7. The maximum absolute atomic E-state index is 4.39. The van der Waals surface area contributed by atoms with Gasteiger partial charge in [-0.15, -0.1) is 0 Å². The lowest BCUT2D eigenvalue weighted by Gasteiger charge is -1.94. The third-order valence-electron chi connectivity index (χ3n) is 2.16. The molecule has 0 amide bonds. The second kappa shape index (κ2) is 25.1. The van der Waals surface area contributed by atoms with E-state index in [1.807, 2.05) is 98.0 Å². The summed E-state index contributed by atoms with van der Waals surface area (Å²) in [5.74, 6) is 0. The molecule has 0 aliphatic carbocycles. The standard InChI is InChI=1S/C14H13N.4C2H6/c1-3-7-13(8-4-1)11-15-12-14-9-5-2-6-10-14;4*1-2/h1-11H,12H2;4*1-2H3. The van der Waals surface area contributed by atoms with Crippen molar-refractivity contribution in [3.05, 3.63) is 71.8 Å². The zero-order valence-corrected chi connectivity index (χ0v) is 16.5. The maximum Gasteiger partial charge on any atom is 0.0639 e. The van der Waals surface area contributed by atoms with E-state index in [4.69, 9.17) is 0 Å². The first-order valence-corrected chi connectivity index (χ1v) is 9.04. The Hall–Kier alpha value is -1.89. The minimum atomic E-state index is 0.746. The fourth-order valence-corrected chi connectivity index (χ4v) is 1.38. The molecule has 0 aliphatic rings. The second-order valence-corrected chi connectivity index (χ2v) is 3.37. The molecule has 0 N–H and O–H groups in total. The molecule has 1 heteroatoms. The van der Waals surface area contributed by atoms with Crippen LogP contribution in [0.25, 0.3) is 0 Å². The van der Waals surface area contributed by atoms with Crippen LogP contribution in [0.1, 0.15) is 66.5 Å². The van der Waals surface area contributed by atoms with E-state index in [1.165, 1.54) is 5.56 Å². The summed E-state index contributed by atoms with van der Waals surface area (Å²) in [6.45, 7) is 16.7. The summed E-state index contributed by atoms with van der Waals surface area (Å²) >= 11 is 0. The smallest absolute Gasteiger partial charge is 0.0639 e. The van der Waals surface area contributed by atoms with Gasteiger partial charge in [-0.05, 0) is 11.1 Å². The molecule has 1 nitrogen and oxygen atoms in total. The van der Waals surface area contributed by atoms with Crippen LogP contribution in [0.15, 0.2) is 65.7 Å². The van der Waals surface area contributed by atoms with Crippen molar-refractivity contribution in [1.82, 2.24) is 0 Å². The van der Waals surface area contributed by atoms with Gasteiger partial charge in [-0.1, -0.05) is 116 Å². The molecular formula is C22H37N. The van der Waals surface area contributed by atoms with E-state index < -0.39 is 0 Å². The highest BCUT2D eigenvalue weighted by Gasteiger charge is 1.87. The second-order valence-electron chi connectivity index (χ2n) is 3.37. The van der Waals surface area contributed by atoms with Crippen LogP contribution in [0.3, 0.4) is 0 Å². The third kappa shape index (κ3) is 16.3. The Morgan fingerprint density at radius 1 is 0.609 bits per heavy atom. The van der Waals surface area contributed by atoms with Crippen molar-refractivity contribution >= 4 is 6.21 Å². The van der Waals surface area contributed by atoms with Crippen LogP contribution >= 0.6 is 0 Å². The average molecular weight is 316 g/mol. The normalized spacial score (nSPS) is 8.00. The number of hydrogen-bond donors (Lipinski definition) is 0. The Morgan fingerprint density at radius 3 is 1.43 bits per heavy atom. The molecule has 0 aliphatic heterocycles. The van der Waals surface area contributed by atoms with Crippen LogP contribution in [-0.4, -0.2) is 6.21 Å². The van der Waals surface area contributed by atoms with Gasteiger partial charge in [-0.3, -0.25) is 4.99 Å². The summed E-state index contributed by atoms with van der Waals surface area (Å²) in [7, 11) is 0. The molecule has 130 valence electrons. The van der Waals surface area contributed by atoms with Gasteiger partial charge >= 0.3 is 0 Å². The molecule has 0 spiro atoms. The molecular weight excluding hydrogens is 278 g/mol. The van der Waals surface area contributed by atoms with Crippen LogP contribution in [0.4, 0.5) is 0 Å². The number of benzene rings is 2. The van der Waals surface area contributed by atoms with Gasteiger partial charge in [-0.2, -0.15) is 0 Å². The maximum atomic E-state index is 4.39. The molecule has 0 fully saturated rings. The number of hydrogen-bond acceptors (Lipinski definition) is 1. The Labute approximate surface area is 145 Å². The molecule has 0 saturated carbocycles. The van der Waals surface area contributed by atoms with Crippen LogP contribution in [-0.2, 0) is 6.54 Å². The monoisotopic (exact) mass is 315 g/mol. The highest BCUT2D eigenvalue weighted by Crippen LogP contribution is 2.00. The predicted molar refractivity (Wildman–Crippen MR) is 110 cm³/mol. The van der Waals surface area contributed by atoms with Crippen LogP contribution in [0, 0.1) is 0 Å². The van der Waals surface area contributed by atoms with Crippen LogP contribution < -0.4 is 0 Å². The molecule has 0 bridgehead atoms. The van der Waals surface area contributed by atoms with Crippen molar-refractivity contribution in [2.75, 3.05) is 0 Å². The van der Waals surface area contributed by atoms with Gasteiger partial charge in [0.15, 0.2) is 0 Å². The van der Waals surface area contributed by atoms with E-state index >= 15 is 0 Å². The zero-order chi connectivity index (χ0) is 18.3. The molecule has 2 rings (SSSR count). The van der Waals surface area contributed by atoms with E-state index in [0.29, 0.717) is 0 Å². The van der Waals surface area contributed by atoms with Crippen molar-refractivity contribution in [1.29, 1.82) is 0 Å². The molecule has 0 saturated heterocycles. The third-order valence-corrected chi connectivity index (χ3v) is 2.16. The van der Waals surface area contributed by atoms with E-state index in [0.717, 1.165) is 12.1 Å². The van der Waals surface area contributed by atoms with Crippen molar-refractivity contribution in [2.45, 2.75) is 61.9 Å².